The summed E-state index contributed by atoms with van der Waals surface area (Å²) < 4.78 is 0. The van der Waals surface area contributed by atoms with E-state index in [1.165, 1.54) is 36.0 Å². The van der Waals surface area contributed by atoms with Crippen LogP contribution in [0.15, 0.2) is 42.5 Å². The van der Waals surface area contributed by atoms with Gasteiger partial charge in [0.1, 0.15) is 22.5 Å². The summed E-state index contributed by atoms with van der Waals surface area (Å²) in [6.07, 6.45) is 8.21. The van der Waals surface area contributed by atoms with Crippen LogP contribution in [0.3, 0.4) is 0 Å². The molecule has 1 heterocycles. The molecule has 3 aromatic rings. The number of aromatic hydroxyl groups is 1. The molecule has 0 spiro atoms. The molecule has 0 aliphatic rings. The number of hydrogen-bond donors (Lipinski definition) is 1. The maximum absolute atomic E-state index is 10.2. The minimum atomic E-state index is 0.203. The molecule has 2 aromatic carbocycles. The molecule has 24 heavy (non-hydrogen) atoms. The minimum absolute atomic E-state index is 0.203. The van der Waals surface area contributed by atoms with Crippen LogP contribution < -0.4 is 0 Å². The van der Waals surface area contributed by atoms with Crippen LogP contribution in [-0.2, 0) is 6.42 Å². The summed E-state index contributed by atoms with van der Waals surface area (Å²) in [5, 5.41) is 19.1. The van der Waals surface area contributed by atoms with Gasteiger partial charge < -0.3 is 5.11 Å². The van der Waals surface area contributed by atoms with Crippen molar-refractivity contribution < 1.29 is 5.11 Å². The molecule has 4 nitrogen and oxygen atoms in total. The van der Waals surface area contributed by atoms with E-state index in [0.29, 0.717) is 5.69 Å². The summed E-state index contributed by atoms with van der Waals surface area (Å²) in [5.74, 6) is 0.203. The van der Waals surface area contributed by atoms with Gasteiger partial charge in [-0.3, -0.25) is 0 Å². The van der Waals surface area contributed by atoms with E-state index in [4.69, 9.17) is 0 Å². The van der Waals surface area contributed by atoms with Crippen molar-refractivity contribution in [2.24, 2.45) is 0 Å². The normalized spacial score (nSPS) is 11.2. The number of unbranched alkanes of at least 4 members (excludes halogenated alkanes) is 5. The molecule has 1 aromatic heterocycles. The van der Waals surface area contributed by atoms with Gasteiger partial charge in [-0.25, -0.2) is 0 Å². The number of nitrogens with zero attached hydrogens (tertiary/aromatic N) is 3. The second-order valence-electron chi connectivity index (χ2n) is 6.17. The summed E-state index contributed by atoms with van der Waals surface area (Å²) in [4.78, 5) is 1.53. The van der Waals surface area contributed by atoms with Gasteiger partial charge in [0.25, 0.3) is 0 Å². The van der Waals surface area contributed by atoms with Gasteiger partial charge >= 0.3 is 0 Å². The molecular weight excluding hydrogens is 298 g/mol. The number of fused-ring (bicyclic) bond motifs is 1. The Balaban J connectivity index is 1.69. The molecule has 0 saturated carbocycles. The number of benzene rings is 2. The predicted molar refractivity (Wildman–Crippen MR) is 97.3 cm³/mol. The lowest BCUT2D eigenvalue weighted by atomic mass is 10.0. The highest BCUT2D eigenvalue weighted by Crippen LogP contribution is 2.24. The topological polar surface area (TPSA) is 50.9 Å². The van der Waals surface area contributed by atoms with E-state index >= 15 is 0 Å². The molecule has 4 heteroatoms. The van der Waals surface area contributed by atoms with Crippen LogP contribution in [0.5, 0.6) is 5.75 Å². The molecule has 1 N–H and O–H groups in total. The van der Waals surface area contributed by atoms with Crippen LogP contribution in [0.25, 0.3) is 16.7 Å². The Labute approximate surface area is 143 Å². The predicted octanol–water partition coefficient (Wildman–Crippen LogP) is 4.84. The molecule has 0 bridgehead atoms. The van der Waals surface area contributed by atoms with Crippen molar-refractivity contribution in [3.05, 3.63) is 55.0 Å². The summed E-state index contributed by atoms with van der Waals surface area (Å²) in [5.41, 5.74) is 3.50. The van der Waals surface area contributed by atoms with Crippen molar-refractivity contribution in [2.45, 2.75) is 44.9 Å². The largest absolute Gasteiger partial charge is 0.506 e. The third kappa shape index (κ3) is 3.94. The number of hydrogen-bond acceptors (Lipinski definition) is 3. The van der Waals surface area contributed by atoms with Gasteiger partial charge in [-0.2, -0.15) is 0 Å². The van der Waals surface area contributed by atoms with Crippen LogP contribution in [0.2, 0.25) is 0 Å². The zero-order chi connectivity index (χ0) is 16.8. The Hall–Kier alpha value is -2.36. The molecular formula is C20H24N3O. The summed E-state index contributed by atoms with van der Waals surface area (Å²) in [6.45, 7) is 3.88. The first-order chi connectivity index (χ1) is 11.8. The lowest BCUT2D eigenvalue weighted by molar-refractivity contribution is 0.467. The van der Waals surface area contributed by atoms with Gasteiger partial charge in [-0.05, 0) is 42.7 Å². The highest BCUT2D eigenvalue weighted by atomic mass is 16.3. The number of rotatable bonds is 8. The van der Waals surface area contributed by atoms with Gasteiger partial charge in [0, 0.05) is 0 Å². The van der Waals surface area contributed by atoms with Crippen LogP contribution in [-0.4, -0.2) is 20.1 Å². The van der Waals surface area contributed by atoms with E-state index in [1.807, 2.05) is 36.4 Å². The standard InChI is InChI=1S/C20H24N3O/c1-2-3-4-5-6-7-10-16-13-14-20(24)19(15-16)23-21-17-11-8-9-12-18(17)22-23/h8-9,11-15,24H,1-7,10H2. The zero-order valence-electron chi connectivity index (χ0n) is 14.0. The van der Waals surface area contributed by atoms with Crippen molar-refractivity contribution >= 4 is 11.0 Å². The van der Waals surface area contributed by atoms with Gasteiger partial charge in [0.05, 0.1) is 0 Å². The highest BCUT2D eigenvalue weighted by molar-refractivity contribution is 5.73. The quantitative estimate of drug-likeness (QED) is 0.604. The highest BCUT2D eigenvalue weighted by Gasteiger charge is 2.09. The van der Waals surface area contributed by atoms with E-state index in [2.05, 4.69) is 17.1 Å². The first kappa shape index (κ1) is 16.5. The smallest absolute Gasteiger partial charge is 0.143 e. The Bertz CT molecular complexity index is 761. The summed E-state index contributed by atoms with van der Waals surface area (Å²) in [7, 11) is 0. The average Bonchev–Trinajstić information content (AvgIpc) is 3.03. The fourth-order valence-electron chi connectivity index (χ4n) is 2.89. The molecule has 125 valence electrons. The van der Waals surface area contributed by atoms with Crippen LogP contribution >= 0.6 is 0 Å². The van der Waals surface area contributed by atoms with Crippen molar-refractivity contribution in [3.8, 4) is 11.4 Å². The van der Waals surface area contributed by atoms with Crippen LogP contribution in [0.4, 0.5) is 0 Å². The minimum Gasteiger partial charge on any atom is -0.506 e. The van der Waals surface area contributed by atoms with Crippen molar-refractivity contribution in [1.82, 2.24) is 15.0 Å². The molecule has 0 aliphatic carbocycles. The molecule has 0 unspecified atom stereocenters. The van der Waals surface area contributed by atoms with Gasteiger partial charge in [0.2, 0.25) is 0 Å². The average molecular weight is 322 g/mol. The summed E-state index contributed by atoms with van der Waals surface area (Å²) >= 11 is 0. The van der Waals surface area contributed by atoms with E-state index in [0.717, 1.165) is 30.3 Å². The number of phenolic OH excluding ortho intramolecular Hbond substituents is 1. The Morgan fingerprint density at radius 3 is 2.25 bits per heavy atom. The lowest BCUT2D eigenvalue weighted by Gasteiger charge is -2.07. The first-order valence-corrected chi connectivity index (χ1v) is 8.71. The molecule has 0 atom stereocenters. The molecule has 0 saturated heterocycles. The Morgan fingerprint density at radius 1 is 0.875 bits per heavy atom. The van der Waals surface area contributed by atoms with Crippen LogP contribution in [0.1, 0.15) is 44.1 Å². The molecule has 3 rings (SSSR count). The maximum Gasteiger partial charge on any atom is 0.143 e. The molecule has 0 aliphatic heterocycles. The molecule has 0 fully saturated rings. The number of aromatic nitrogens is 3. The molecule has 0 amide bonds. The zero-order valence-corrected chi connectivity index (χ0v) is 14.0. The SMILES string of the molecule is [CH2]CCCCCCCc1ccc(O)c(-n2nc3ccccc3n2)c1. The Morgan fingerprint density at radius 2 is 1.54 bits per heavy atom. The second kappa shape index (κ2) is 7.95. The number of phenols is 1. The fourth-order valence-corrected chi connectivity index (χ4v) is 2.89. The van der Waals surface area contributed by atoms with E-state index in [1.54, 1.807) is 6.07 Å². The van der Waals surface area contributed by atoms with Gasteiger partial charge in [-0.1, -0.05) is 57.2 Å². The maximum atomic E-state index is 10.2. The van der Waals surface area contributed by atoms with E-state index < -0.39 is 0 Å². The fraction of sp³-hybridized carbons (Fsp3) is 0.350. The summed E-state index contributed by atoms with van der Waals surface area (Å²) in [6, 6.07) is 13.4. The molecule has 1 radical (unpaired) electrons. The van der Waals surface area contributed by atoms with Crippen molar-refractivity contribution in [1.29, 1.82) is 0 Å². The van der Waals surface area contributed by atoms with E-state index in [-0.39, 0.29) is 5.75 Å². The van der Waals surface area contributed by atoms with Gasteiger partial charge in [0.15, 0.2) is 0 Å². The monoisotopic (exact) mass is 322 g/mol. The van der Waals surface area contributed by atoms with Crippen LogP contribution in [0, 0.1) is 6.92 Å². The van der Waals surface area contributed by atoms with Gasteiger partial charge in [-0.15, -0.1) is 15.0 Å². The van der Waals surface area contributed by atoms with Crippen molar-refractivity contribution in [3.63, 3.8) is 0 Å². The second-order valence-corrected chi connectivity index (χ2v) is 6.17. The van der Waals surface area contributed by atoms with Crippen molar-refractivity contribution in [2.75, 3.05) is 0 Å². The third-order valence-corrected chi connectivity index (χ3v) is 4.26. The Kier molecular flexibility index (Phi) is 5.47. The number of aryl methyl sites for hydroxylation is 1. The first-order valence-electron chi connectivity index (χ1n) is 8.71. The third-order valence-electron chi connectivity index (χ3n) is 4.26. The van der Waals surface area contributed by atoms with E-state index in [9.17, 15) is 5.11 Å². The lowest BCUT2D eigenvalue weighted by Crippen LogP contribution is -2.00.